The van der Waals surface area contributed by atoms with E-state index in [0.29, 0.717) is 5.56 Å². The van der Waals surface area contributed by atoms with Crippen LogP contribution in [0, 0.1) is 0 Å². The summed E-state index contributed by atoms with van der Waals surface area (Å²) in [7, 11) is -3.59. The van der Waals surface area contributed by atoms with Gasteiger partial charge in [0.2, 0.25) is 9.84 Å². The Bertz CT molecular complexity index is 601. The maximum atomic E-state index is 11.7. The molecule has 0 bridgehead atoms. The molecule has 1 N–H and O–H groups in total. The molecule has 0 saturated heterocycles. The molecule has 1 aliphatic rings. The van der Waals surface area contributed by atoms with Crippen LogP contribution in [0.25, 0.3) is 5.57 Å². The highest BCUT2D eigenvalue weighted by atomic mass is 35.5. The predicted molar refractivity (Wildman–Crippen MR) is 58.9 cm³/mol. The Labute approximate surface area is 97.1 Å². The van der Waals surface area contributed by atoms with E-state index in [1.807, 2.05) is 0 Å². The third-order valence-electron chi connectivity index (χ3n) is 2.24. The van der Waals surface area contributed by atoms with E-state index in [9.17, 15) is 13.2 Å². The summed E-state index contributed by atoms with van der Waals surface area (Å²) in [5.74, 6) is -1.07. The lowest BCUT2D eigenvalue weighted by molar-refractivity contribution is -0.135. The zero-order chi connectivity index (χ0) is 11.9. The molecule has 0 spiro atoms. The molecule has 1 heterocycles. The SMILES string of the molecule is O=C(O)CC1=CS(=O)(=O)c2c(Cl)cccc21. The van der Waals surface area contributed by atoms with E-state index < -0.39 is 15.8 Å². The minimum absolute atomic E-state index is 0.00733. The van der Waals surface area contributed by atoms with Gasteiger partial charge in [0.05, 0.1) is 16.3 Å². The second kappa shape index (κ2) is 3.61. The number of benzene rings is 1. The number of fused-ring (bicyclic) bond motifs is 1. The number of carboxylic acid groups (broad SMARTS) is 1. The summed E-state index contributed by atoms with van der Waals surface area (Å²) in [6, 6.07) is 4.62. The molecule has 4 nitrogen and oxygen atoms in total. The highest BCUT2D eigenvalue weighted by Gasteiger charge is 2.29. The minimum atomic E-state index is -3.59. The van der Waals surface area contributed by atoms with Crippen LogP contribution in [-0.2, 0) is 14.6 Å². The summed E-state index contributed by atoms with van der Waals surface area (Å²) >= 11 is 5.80. The molecular formula is C10H7ClO4S. The lowest BCUT2D eigenvalue weighted by atomic mass is 10.1. The molecule has 16 heavy (non-hydrogen) atoms. The van der Waals surface area contributed by atoms with Crippen molar-refractivity contribution in [3.8, 4) is 0 Å². The van der Waals surface area contributed by atoms with Gasteiger partial charge in [-0.15, -0.1) is 0 Å². The van der Waals surface area contributed by atoms with Crippen LogP contribution in [0.1, 0.15) is 12.0 Å². The standard InChI is InChI=1S/C10H7ClO4S/c11-8-3-1-2-7-6(4-9(12)13)5-16(14,15)10(7)8/h1-3,5H,4H2,(H,12,13). The summed E-state index contributed by atoms with van der Waals surface area (Å²) in [6.07, 6.45) is -0.327. The topological polar surface area (TPSA) is 71.4 Å². The molecular weight excluding hydrogens is 252 g/mol. The van der Waals surface area contributed by atoms with Gasteiger partial charge in [0.15, 0.2) is 0 Å². The monoisotopic (exact) mass is 258 g/mol. The van der Waals surface area contributed by atoms with Crippen LogP contribution >= 0.6 is 11.6 Å². The number of carbonyl (C=O) groups is 1. The Balaban J connectivity index is 2.65. The van der Waals surface area contributed by atoms with Gasteiger partial charge in [0.25, 0.3) is 0 Å². The number of sulfone groups is 1. The van der Waals surface area contributed by atoms with Crippen molar-refractivity contribution in [2.75, 3.05) is 0 Å². The second-order valence-electron chi connectivity index (χ2n) is 3.38. The molecule has 1 aromatic carbocycles. The van der Waals surface area contributed by atoms with Crippen molar-refractivity contribution in [3.05, 3.63) is 34.2 Å². The number of halogens is 1. The quantitative estimate of drug-likeness (QED) is 0.880. The van der Waals surface area contributed by atoms with E-state index in [-0.39, 0.29) is 21.9 Å². The third-order valence-corrected chi connectivity index (χ3v) is 4.27. The molecule has 84 valence electrons. The van der Waals surface area contributed by atoms with Gasteiger partial charge in [0, 0.05) is 5.41 Å². The molecule has 6 heteroatoms. The maximum absolute atomic E-state index is 11.7. The van der Waals surface area contributed by atoms with Crippen molar-refractivity contribution in [2.24, 2.45) is 0 Å². The van der Waals surface area contributed by atoms with E-state index in [2.05, 4.69) is 0 Å². The van der Waals surface area contributed by atoms with E-state index in [0.717, 1.165) is 5.41 Å². The molecule has 0 radical (unpaired) electrons. The van der Waals surface area contributed by atoms with Gasteiger partial charge < -0.3 is 5.11 Å². The molecule has 0 unspecified atom stereocenters. The van der Waals surface area contributed by atoms with Crippen molar-refractivity contribution < 1.29 is 18.3 Å². The first-order valence-electron chi connectivity index (χ1n) is 4.38. The summed E-state index contributed by atoms with van der Waals surface area (Å²) in [6.45, 7) is 0. The smallest absolute Gasteiger partial charge is 0.307 e. The van der Waals surface area contributed by atoms with Gasteiger partial charge in [-0.1, -0.05) is 23.7 Å². The van der Waals surface area contributed by atoms with Crippen molar-refractivity contribution in [3.63, 3.8) is 0 Å². The van der Waals surface area contributed by atoms with E-state index >= 15 is 0 Å². The van der Waals surface area contributed by atoms with E-state index in [1.165, 1.54) is 6.07 Å². The summed E-state index contributed by atoms with van der Waals surface area (Å²) in [4.78, 5) is 10.6. The number of hydrogen-bond acceptors (Lipinski definition) is 3. The Kier molecular flexibility index (Phi) is 2.52. The molecule has 0 atom stereocenters. The number of carboxylic acids is 1. The van der Waals surface area contributed by atoms with Crippen LogP contribution in [0.2, 0.25) is 5.02 Å². The van der Waals surface area contributed by atoms with Crippen molar-refractivity contribution in [2.45, 2.75) is 11.3 Å². The van der Waals surface area contributed by atoms with Gasteiger partial charge in [-0.05, 0) is 17.2 Å². The Morgan fingerprint density at radius 3 is 2.69 bits per heavy atom. The first kappa shape index (κ1) is 11.2. The Morgan fingerprint density at radius 2 is 2.06 bits per heavy atom. The molecule has 1 aliphatic heterocycles. The molecule has 0 saturated carbocycles. The lowest BCUT2D eigenvalue weighted by Crippen LogP contribution is -1.96. The minimum Gasteiger partial charge on any atom is -0.481 e. The average Bonchev–Trinajstić information content (AvgIpc) is 2.38. The molecule has 0 amide bonds. The maximum Gasteiger partial charge on any atom is 0.307 e. The van der Waals surface area contributed by atoms with Gasteiger partial charge in [-0.25, -0.2) is 8.42 Å². The number of aliphatic carboxylic acids is 1. The van der Waals surface area contributed by atoms with Crippen LogP contribution in [0.4, 0.5) is 0 Å². The van der Waals surface area contributed by atoms with Crippen LogP contribution in [-0.4, -0.2) is 19.5 Å². The first-order valence-corrected chi connectivity index (χ1v) is 6.30. The van der Waals surface area contributed by atoms with Gasteiger partial charge in [0.1, 0.15) is 0 Å². The number of rotatable bonds is 2. The Morgan fingerprint density at radius 1 is 1.38 bits per heavy atom. The second-order valence-corrected chi connectivity index (χ2v) is 5.52. The largest absolute Gasteiger partial charge is 0.481 e. The predicted octanol–water partition coefficient (Wildman–Crippen LogP) is 1.94. The zero-order valence-corrected chi connectivity index (χ0v) is 9.55. The molecule has 0 fully saturated rings. The molecule has 1 aromatic rings. The van der Waals surface area contributed by atoms with Gasteiger partial charge in [-0.2, -0.15) is 0 Å². The van der Waals surface area contributed by atoms with Crippen LogP contribution in [0.5, 0.6) is 0 Å². The Hall–Kier alpha value is -1.33. The summed E-state index contributed by atoms with van der Waals surface area (Å²) < 4.78 is 23.4. The fraction of sp³-hybridized carbons (Fsp3) is 0.100. The molecule has 0 aliphatic carbocycles. The van der Waals surface area contributed by atoms with Crippen molar-refractivity contribution in [1.29, 1.82) is 0 Å². The highest BCUT2D eigenvalue weighted by molar-refractivity contribution is 7.95. The summed E-state index contributed by atoms with van der Waals surface area (Å²) in [5.41, 5.74) is 0.653. The van der Waals surface area contributed by atoms with Gasteiger partial charge >= 0.3 is 5.97 Å². The van der Waals surface area contributed by atoms with Crippen molar-refractivity contribution in [1.82, 2.24) is 0 Å². The third kappa shape index (κ3) is 1.72. The van der Waals surface area contributed by atoms with E-state index in [1.54, 1.807) is 12.1 Å². The van der Waals surface area contributed by atoms with Crippen LogP contribution in [0.3, 0.4) is 0 Å². The van der Waals surface area contributed by atoms with Crippen LogP contribution < -0.4 is 0 Å². The summed E-state index contributed by atoms with van der Waals surface area (Å²) in [5, 5.41) is 9.76. The fourth-order valence-corrected chi connectivity index (χ4v) is 3.71. The first-order chi connectivity index (χ1) is 7.42. The van der Waals surface area contributed by atoms with Crippen LogP contribution in [0.15, 0.2) is 28.5 Å². The molecule has 2 rings (SSSR count). The molecule has 0 aromatic heterocycles. The number of hydrogen-bond donors (Lipinski definition) is 1. The highest BCUT2D eigenvalue weighted by Crippen LogP contribution is 2.39. The van der Waals surface area contributed by atoms with Crippen molar-refractivity contribution >= 4 is 33.0 Å². The normalized spacial score (nSPS) is 16.7. The van der Waals surface area contributed by atoms with E-state index in [4.69, 9.17) is 16.7 Å². The fourth-order valence-electron chi connectivity index (χ4n) is 1.66. The van der Waals surface area contributed by atoms with Gasteiger partial charge in [-0.3, -0.25) is 4.79 Å². The average molecular weight is 259 g/mol. The lowest BCUT2D eigenvalue weighted by Gasteiger charge is -2.02. The zero-order valence-electron chi connectivity index (χ0n) is 7.97.